The third-order valence-electron chi connectivity index (χ3n) is 13.1. The van der Waals surface area contributed by atoms with Crippen LogP contribution in [-0.4, -0.2) is 194 Å². The van der Waals surface area contributed by atoms with Gasteiger partial charge in [0.15, 0.2) is 12.5 Å². The number of hydrogen-bond acceptors (Lipinski definition) is 25. The molecular formula is C61H97N16O26P3. The minimum atomic E-state index is -5.84. The van der Waals surface area contributed by atoms with E-state index in [1.165, 1.54) is 6.07 Å². The van der Waals surface area contributed by atoms with Crippen LogP contribution >= 0.6 is 23.5 Å². The van der Waals surface area contributed by atoms with Crippen molar-refractivity contribution >= 4 is 53.0 Å². The summed E-state index contributed by atoms with van der Waals surface area (Å²) in [6.07, 6.45) is 3.93. The third kappa shape index (κ3) is 44.6. The summed E-state index contributed by atoms with van der Waals surface area (Å²) < 4.78 is 91.2. The summed E-state index contributed by atoms with van der Waals surface area (Å²) in [5.41, 5.74) is 24.7. The fraction of sp³-hybridized carbons (Fsp3) is 0.623. The standard InChI is InChI=1S/C35H50N11O20P3.C22H35N5O6.2C2H6/c1-2-3-4-5-11-29(47)39-13-14-40-33(49)24-8-6-10-26(17-24)61-22-31(43-45-37)60-16-15-59-21-30(48)38-12-7-9-25-19-46(35(51)42-34(25)50)32-18-27(62-23-41-44-36)28(64-32)20-63-68(55,56)66-69(57,58)65-67(52,53)54;1-2-3-4-5-9-20(29)24-10-11-25-22(30)18-7-6-8-19(16-18)33-17-21(26-27-23)32-15-14-31-13-12-28;2*1-2/h6,8,10,17,19,27-28,31-32H,2-5,11-16,18,20-23H2,1H3,(H,38,48)(H,39,47)(H,40,49)(H,55,56)(H,57,58)(H,42,50,51)(H2,52,53,54);6-8,16,21,28H,2-5,9-15,17H2,1H3,(H,24,29)(H,25,30);2*1-2H3. The van der Waals surface area contributed by atoms with E-state index in [0.29, 0.717) is 37.2 Å². The molecule has 2 aromatic carbocycles. The molecule has 42 nitrogen and oxygen atoms in total. The van der Waals surface area contributed by atoms with Crippen molar-refractivity contribution in [2.75, 3.05) is 106 Å². The molecule has 0 bridgehead atoms. The minimum absolute atomic E-state index is 0.00694. The number of hydrogen-bond donors (Lipinski definition) is 11. The van der Waals surface area contributed by atoms with Crippen molar-refractivity contribution in [3.05, 3.63) is 124 Å². The van der Waals surface area contributed by atoms with Crippen LogP contribution in [0.1, 0.15) is 145 Å². The average molecular weight is 1560 g/mol. The maximum Gasteiger partial charge on any atom is 0.490 e. The van der Waals surface area contributed by atoms with Gasteiger partial charge in [0.2, 0.25) is 17.7 Å². The highest BCUT2D eigenvalue weighted by molar-refractivity contribution is 7.66. The minimum Gasteiger partial charge on any atom is -0.491 e. The first-order valence-electron chi connectivity index (χ1n) is 33.7. The van der Waals surface area contributed by atoms with Gasteiger partial charge in [-0.25, -0.2) is 18.5 Å². The maximum atomic E-state index is 12.7. The largest absolute Gasteiger partial charge is 0.491 e. The quantitative estimate of drug-likeness (QED) is 0.00722. The summed E-state index contributed by atoms with van der Waals surface area (Å²) in [7, 11) is -17.1. The lowest BCUT2D eigenvalue weighted by molar-refractivity contribution is -0.126. The van der Waals surface area contributed by atoms with Gasteiger partial charge in [-0.1, -0.05) is 119 Å². The molecule has 0 radical (unpaired) electrons. The highest BCUT2D eigenvalue weighted by atomic mass is 31.3. The van der Waals surface area contributed by atoms with E-state index in [0.717, 1.165) is 62.1 Å². The lowest BCUT2D eigenvalue weighted by Crippen LogP contribution is -2.34. The van der Waals surface area contributed by atoms with E-state index in [2.05, 4.69) is 95.5 Å². The van der Waals surface area contributed by atoms with Gasteiger partial charge in [-0.15, -0.1) is 0 Å². The fourth-order valence-electron chi connectivity index (χ4n) is 8.46. The van der Waals surface area contributed by atoms with Crippen LogP contribution in [0.5, 0.6) is 11.5 Å². The molecule has 106 heavy (non-hydrogen) atoms. The molecule has 1 aliphatic heterocycles. The number of phosphoric acid groups is 3. The molecule has 592 valence electrons. The van der Waals surface area contributed by atoms with Crippen LogP contribution in [0, 0.1) is 11.8 Å². The molecule has 1 saturated heterocycles. The van der Waals surface area contributed by atoms with Crippen molar-refractivity contribution in [2.24, 2.45) is 15.3 Å². The van der Waals surface area contributed by atoms with Gasteiger partial charge in [-0.05, 0) is 65.8 Å². The number of benzene rings is 2. The SMILES string of the molecule is CC.CC.CCCCCCC(=O)NCCNC(=O)c1cccc(OCC(N=[N+]=[N-])OCCOCC(=O)NCC#Cc2cn(C3CC(OCN=[N+]=[N-])C(COP(=O)(O)OP(=O)(O)OP(=O)(O)O)O3)c(=O)[nH]c2=O)c1.CCCCCCC(=O)NCCNC(=O)c1cccc(OCC(N=[N+]=[N-])OCCOCCO)c1. The second-order valence-corrected chi connectivity index (χ2v) is 25.5. The first-order valence-corrected chi connectivity index (χ1v) is 38.2. The number of aromatic nitrogens is 2. The van der Waals surface area contributed by atoms with E-state index in [1.54, 1.807) is 42.5 Å². The highest BCUT2D eigenvalue weighted by Gasteiger charge is 2.44. The van der Waals surface area contributed by atoms with Crippen molar-refractivity contribution in [1.82, 2.24) is 36.1 Å². The molecule has 7 unspecified atom stereocenters. The van der Waals surface area contributed by atoms with Crippen LogP contribution in [0.2, 0.25) is 0 Å². The monoisotopic (exact) mass is 1560 g/mol. The first-order chi connectivity index (χ1) is 50.8. The van der Waals surface area contributed by atoms with Gasteiger partial charge < -0.3 is 89.2 Å². The molecular weight excluding hydrogens is 1470 g/mol. The topological polar surface area (TPSA) is 601 Å². The van der Waals surface area contributed by atoms with E-state index >= 15 is 0 Å². The Morgan fingerprint density at radius 3 is 1.71 bits per heavy atom. The molecule has 0 spiro atoms. The molecule has 7 atom stereocenters. The molecule has 3 aromatic rings. The Bertz CT molecular complexity index is 3620. The normalized spacial score (nSPS) is 15.1. The first kappa shape index (κ1) is 95.7. The third-order valence-corrected chi connectivity index (χ3v) is 16.9. The molecule has 0 aliphatic carbocycles. The maximum absolute atomic E-state index is 12.7. The number of H-pyrrole nitrogens is 1. The van der Waals surface area contributed by atoms with Gasteiger partial charge in [0, 0.05) is 77.5 Å². The predicted molar refractivity (Wildman–Crippen MR) is 380 cm³/mol. The van der Waals surface area contributed by atoms with Crippen LogP contribution in [-0.2, 0) is 69.6 Å². The number of unbranched alkanes of at least 4 members (excludes halogenated alkanes) is 6. The Balaban J connectivity index is 0.00000127. The zero-order valence-electron chi connectivity index (χ0n) is 59.8. The number of amides is 5. The summed E-state index contributed by atoms with van der Waals surface area (Å²) in [5.74, 6) is 4.31. The molecule has 1 aromatic heterocycles. The lowest BCUT2D eigenvalue weighted by atomic mass is 10.1. The molecule has 11 N–H and O–H groups in total. The Kier molecular flexibility index (Phi) is 51.4. The highest BCUT2D eigenvalue weighted by Crippen LogP contribution is 2.66. The summed E-state index contributed by atoms with van der Waals surface area (Å²) in [6.45, 7) is 11.0. The van der Waals surface area contributed by atoms with Gasteiger partial charge in [0.25, 0.3) is 17.4 Å². The van der Waals surface area contributed by atoms with Crippen molar-refractivity contribution in [3.8, 4) is 23.3 Å². The molecule has 1 aliphatic rings. The Labute approximate surface area is 611 Å². The number of aliphatic hydroxyl groups is 1. The van der Waals surface area contributed by atoms with Crippen LogP contribution in [0.4, 0.5) is 0 Å². The number of nitrogens with one attached hydrogen (secondary N) is 6. The average Bonchev–Trinajstić information content (AvgIpc) is 1.77. The molecule has 0 saturated carbocycles. The second-order valence-electron chi connectivity index (χ2n) is 21.1. The van der Waals surface area contributed by atoms with E-state index in [9.17, 15) is 57.0 Å². The van der Waals surface area contributed by atoms with Gasteiger partial charge in [0.05, 0.1) is 58.9 Å². The van der Waals surface area contributed by atoms with Gasteiger partial charge >= 0.3 is 29.2 Å². The number of ether oxygens (including phenoxy) is 8. The van der Waals surface area contributed by atoms with E-state index in [4.69, 9.17) is 69.4 Å². The van der Waals surface area contributed by atoms with Crippen molar-refractivity contribution in [1.29, 1.82) is 0 Å². The molecule has 4 rings (SSSR count). The number of nitrogens with zero attached hydrogens (tertiary/aromatic N) is 10. The second kappa shape index (κ2) is 56.9. The number of rotatable bonds is 50. The zero-order chi connectivity index (χ0) is 79.0. The molecule has 1 fully saturated rings. The van der Waals surface area contributed by atoms with Gasteiger partial charge in [0.1, 0.15) is 55.9 Å². The van der Waals surface area contributed by atoms with Crippen molar-refractivity contribution in [2.45, 2.75) is 143 Å². The summed E-state index contributed by atoms with van der Waals surface area (Å²) in [5, 5.41) is 32.4. The van der Waals surface area contributed by atoms with Gasteiger partial charge in [-0.3, -0.25) is 42.8 Å². The van der Waals surface area contributed by atoms with E-state index in [1.807, 2.05) is 32.7 Å². The lowest BCUT2D eigenvalue weighted by Gasteiger charge is -2.20. The number of phosphoric ester groups is 1. The summed E-state index contributed by atoms with van der Waals surface area (Å²) >= 11 is 0. The molecule has 5 amide bonds. The zero-order valence-corrected chi connectivity index (χ0v) is 62.5. The van der Waals surface area contributed by atoms with Crippen molar-refractivity contribution < 1.29 is 113 Å². The molecule has 2 heterocycles. The van der Waals surface area contributed by atoms with Gasteiger partial charge in [-0.2, -0.15) is 8.62 Å². The van der Waals surface area contributed by atoms with Crippen LogP contribution in [0.3, 0.4) is 0 Å². The number of azide groups is 3. The number of aliphatic hydroxyl groups excluding tert-OH is 1. The van der Waals surface area contributed by atoms with E-state index in [-0.39, 0.29) is 114 Å². The fourth-order valence-corrected chi connectivity index (χ4v) is 11.5. The predicted octanol–water partition coefficient (Wildman–Crippen LogP) is 6.45. The smallest absolute Gasteiger partial charge is 0.490 e. The Hall–Kier alpha value is -8.31. The van der Waals surface area contributed by atoms with E-state index < -0.39 is 97.4 Å². The van der Waals surface area contributed by atoms with Crippen LogP contribution in [0.15, 0.2) is 79.7 Å². The van der Waals surface area contributed by atoms with Crippen molar-refractivity contribution in [3.63, 3.8) is 0 Å². The van der Waals surface area contributed by atoms with Crippen LogP contribution < -0.4 is 47.3 Å². The Morgan fingerprint density at radius 1 is 0.679 bits per heavy atom. The van der Waals surface area contributed by atoms with Crippen LogP contribution in [0.25, 0.3) is 31.3 Å². The number of aromatic amines is 1. The molecule has 45 heteroatoms. The summed E-state index contributed by atoms with van der Waals surface area (Å²) in [6, 6.07) is 12.8. The summed E-state index contributed by atoms with van der Waals surface area (Å²) in [4.78, 5) is 133. The number of carbonyl (C=O) groups excluding carboxylic acids is 5. The number of carbonyl (C=O) groups is 5. The Morgan fingerprint density at radius 2 is 1.21 bits per heavy atom.